The maximum Gasteiger partial charge on any atom is 0.228 e. The quantitative estimate of drug-likeness (QED) is 0.656. The molecule has 1 aliphatic heterocycles. The van der Waals surface area contributed by atoms with Crippen LogP contribution in [0.2, 0.25) is 0 Å². The Kier molecular flexibility index (Phi) is 3.84. The van der Waals surface area contributed by atoms with Crippen LogP contribution in [0.15, 0.2) is 24.8 Å². The van der Waals surface area contributed by atoms with Gasteiger partial charge in [0.15, 0.2) is 0 Å². The van der Waals surface area contributed by atoms with E-state index in [1.807, 2.05) is 13.0 Å². The van der Waals surface area contributed by atoms with Crippen LogP contribution in [0.5, 0.6) is 0 Å². The van der Waals surface area contributed by atoms with Gasteiger partial charge in [0.25, 0.3) is 0 Å². The van der Waals surface area contributed by atoms with Gasteiger partial charge in [-0.15, -0.1) is 5.10 Å². The van der Waals surface area contributed by atoms with E-state index in [0.717, 1.165) is 11.1 Å². The van der Waals surface area contributed by atoms with E-state index >= 15 is 0 Å². The Bertz CT molecular complexity index is 613. The molecule has 1 amide bonds. The number of tetrazole rings is 1. The molecule has 9 heteroatoms. The molecule has 1 saturated heterocycles. The average Bonchev–Trinajstić information content (AvgIpc) is 3.16. The molecule has 2 atom stereocenters. The lowest BCUT2D eigenvalue weighted by Gasteiger charge is -2.17. The van der Waals surface area contributed by atoms with Crippen LogP contribution in [-0.2, 0) is 11.3 Å². The van der Waals surface area contributed by atoms with Gasteiger partial charge < -0.3 is 5.32 Å². The van der Waals surface area contributed by atoms with Crippen molar-refractivity contribution in [2.24, 2.45) is 5.92 Å². The maximum absolute atomic E-state index is 12.3. The van der Waals surface area contributed by atoms with E-state index in [0.29, 0.717) is 13.1 Å². The van der Waals surface area contributed by atoms with E-state index in [1.54, 1.807) is 12.4 Å². The summed E-state index contributed by atoms with van der Waals surface area (Å²) >= 11 is 0. The highest BCUT2D eigenvalue weighted by Gasteiger charge is 2.34. The van der Waals surface area contributed by atoms with Crippen LogP contribution in [0, 0.1) is 12.8 Å². The van der Waals surface area contributed by atoms with Crippen LogP contribution in [0.25, 0.3) is 0 Å². The Balaban J connectivity index is 1.64. The number of hydrogen-bond donors (Lipinski definition) is 3. The number of nitrogens with one attached hydrogen (secondary N) is 3. The number of pyridine rings is 1. The summed E-state index contributed by atoms with van der Waals surface area (Å²) in [5.41, 5.74) is 8.07. The van der Waals surface area contributed by atoms with E-state index < -0.39 is 0 Å². The van der Waals surface area contributed by atoms with E-state index in [9.17, 15) is 4.79 Å². The SMILES string of the molecule is Cc1cnccc1CNC(=O)C1CNNC1n1cnnn1. The summed E-state index contributed by atoms with van der Waals surface area (Å²) in [5.74, 6) is -0.333. The van der Waals surface area contributed by atoms with E-state index in [-0.39, 0.29) is 18.0 Å². The highest BCUT2D eigenvalue weighted by Crippen LogP contribution is 2.17. The van der Waals surface area contributed by atoms with Crippen LogP contribution in [0.4, 0.5) is 0 Å². The Hall–Kier alpha value is -2.39. The van der Waals surface area contributed by atoms with Crippen molar-refractivity contribution >= 4 is 5.91 Å². The van der Waals surface area contributed by atoms with Gasteiger partial charge in [0.05, 0.1) is 5.92 Å². The molecular weight excluding hydrogens is 272 g/mol. The summed E-state index contributed by atoms with van der Waals surface area (Å²) in [6.07, 6.45) is 4.69. The molecule has 2 aromatic heterocycles. The second-order valence-corrected chi connectivity index (χ2v) is 4.89. The fourth-order valence-electron chi connectivity index (χ4n) is 2.28. The minimum absolute atomic E-state index is 0.0517. The van der Waals surface area contributed by atoms with E-state index in [4.69, 9.17) is 0 Å². The standard InChI is InChI=1S/C12H16N8O/c1-8-4-13-3-2-9(8)5-14-12(21)10-6-15-17-11(10)20-7-16-18-19-20/h2-4,7,10-11,15,17H,5-6H2,1H3,(H,14,21). The summed E-state index contributed by atoms with van der Waals surface area (Å²) in [6.45, 7) is 2.97. The van der Waals surface area contributed by atoms with Crippen molar-refractivity contribution in [3.05, 3.63) is 35.9 Å². The molecule has 0 saturated carbocycles. The number of carbonyl (C=O) groups excluding carboxylic acids is 1. The number of amides is 1. The Morgan fingerprint density at radius 1 is 1.57 bits per heavy atom. The number of nitrogens with zero attached hydrogens (tertiary/aromatic N) is 5. The summed E-state index contributed by atoms with van der Waals surface area (Å²) in [7, 11) is 0. The molecule has 3 heterocycles. The lowest BCUT2D eigenvalue weighted by molar-refractivity contribution is -0.125. The number of carbonyl (C=O) groups is 1. The molecule has 2 aromatic rings. The molecule has 3 rings (SSSR count). The number of aryl methyl sites for hydroxylation is 1. The van der Waals surface area contributed by atoms with Crippen LogP contribution in [-0.4, -0.2) is 37.6 Å². The number of aromatic nitrogens is 5. The first-order valence-electron chi connectivity index (χ1n) is 6.64. The molecule has 0 spiro atoms. The summed E-state index contributed by atoms with van der Waals surface area (Å²) in [6, 6.07) is 1.90. The van der Waals surface area contributed by atoms with Crippen molar-refractivity contribution in [3.63, 3.8) is 0 Å². The second kappa shape index (κ2) is 5.94. The molecule has 0 aromatic carbocycles. The Labute approximate surface area is 121 Å². The van der Waals surface area contributed by atoms with Crippen molar-refractivity contribution in [1.82, 2.24) is 41.4 Å². The fraction of sp³-hybridized carbons (Fsp3) is 0.417. The lowest BCUT2D eigenvalue weighted by Crippen LogP contribution is -2.37. The van der Waals surface area contributed by atoms with Crippen molar-refractivity contribution in [3.8, 4) is 0 Å². The van der Waals surface area contributed by atoms with Crippen LogP contribution >= 0.6 is 0 Å². The van der Waals surface area contributed by atoms with Gasteiger partial charge in [-0.3, -0.25) is 15.2 Å². The molecule has 0 radical (unpaired) electrons. The molecule has 21 heavy (non-hydrogen) atoms. The molecule has 1 aliphatic rings. The smallest absolute Gasteiger partial charge is 0.228 e. The minimum Gasteiger partial charge on any atom is -0.352 e. The number of rotatable bonds is 4. The van der Waals surface area contributed by atoms with Gasteiger partial charge in [-0.2, -0.15) is 0 Å². The highest BCUT2D eigenvalue weighted by molar-refractivity contribution is 5.79. The zero-order chi connectivity index (χ0) is 14.7. The molecule has 9 nitrogen and oxygen atoms in total. The fourth-order valence-corrected chi connectivity index (χ4v) is 2.28. The van der Waals surface area contributed by atoms with Gasteiger partial charge in [0.1, 0.15) is 12.5 Å². The monoisotopic (exact) mass is 288 g/mol. The van der Waals surface area contributed by atoms with Crippen LogP contribution < -0.4 is 16.2 Å². The second-order valence-electron chi connectivity index (χ2n) is 4.89. The molecule has 2 unspecified atom stereocenters. The van der Waals surface area contributed by atoms with E-state index in [2.05, 4.69) is 36.7 Å². The number of hydrazine groups is 1. The molecule has 3 N–H and O–H groups in total. The Morgan fingerprint density at radius 2 is 2.48 bits per heavy atom. The van der Waals surface area contributed by atoms with Crippen LogP contribution in [0.3, 0.4) is 0 Å². The Morgan fingerprint density at radius 3 is 3.24 bits per heavy atom. The summed E-state index contributed by atoms with van der Waals surface area (Å²) < 4.78 is 1.53. The van der Waals surface area contributed by atoms with Crippen molar-refractivity contribution in [2.45, 2.75) is 19.6 Å². The number of hydrogen-bond acceptors (Lipinski definition) is 7. The molecule has 0 bridgehead atoms. The topological polar surface area (TPSA) is 110 Å². The zero-order valence-electron chi connectivity index (χ0n) is 11.5. The van der Waals surface area contributed by atoms with Crippen molar-refractivity contribution in [2.75, 3.05) is 6.54 Å². The highest BCUT2D eigenvalue weighted by atomic mass is 16.2. The van der Waals surface area contributed by atoms with Gasteiger partial charge in [-0.05, 0) is 34.5 Å². The van der Waals surface area contributed by atoms with Gasteiger partial charge in [-0.25, -0.2) is 10.1 Å². The predicted molar refractivity (Wildman–Crippen MR) is 72.3 cm³/mol. The third-order valence-electron chi connectivity index (χ3n) is 3.53. The van der Waals surface area contributed by atoms with Crippen LogP contribution in [0.1, 0.15) is 17.3 Å². The molecule has 110 valence electrons. The third-order valence-corrected chi connectivity index (χ3v) is 3.53. The van der Waals surface area contributed by atoms with Gasteiger partial charge in [0.2, 0.25) is 5.91 Å². The van der Waals surface area contributed by atoms with Crippen molar-refractivity contribution < 1.29 is 4.79 Å². The first kappa shape index (κ1) is 13.6. The molecular formula is C12H16N8O. The molecule has 1 fully saturated rings. The first-order valence-corrected chi connectivity index (χ1v) is 6.64. The van der Waals surface area contributed by atoms with Gasteiger partial charge in [-0.1, -0.05) is 0 Å². The third kappa shape index (κ3) is 2.88. The maximum atomic E-state index is 12.3. The average molecular weight is 288 g/mol. The summed E-state index contributed by atoms with van der Waals surface area (Å²) in [5, 5.41) is 14.0. The lowest BCUT2D eigenvalue weighted by atomic mass is 10.1. The predicted octanol–water partition coefficient (Wildman–Crippen LogP) is -1.08. The molecule has 0 aliphatic carbocycles. The first-order chi connectivity index (χ1) is 10.3. The largest absolute Gasteiger partial charge is 0.352 e. The van der Waals surface area contributed by atoms with Gasteiger partial charge in [0, 0.05) is 25.5 Å². The van der Waals surface area contributed by atoms with Gasteiger partial charge >= 0.3 is 0 Å². The van der Waals surface area contributed by atoms with E-state index in [1.165, 1.54) is 11.0 Å². The van der Waals surface area contributed by atoms with Crippen molar-refractivity contribution in [1.29, 1.82) is 0 Å². The normalized spacial score (nSPS) is 21.4. The minimum atomic E-state index is -0.293. The zero-order valence-corrected chi connectivity index (χ0v) is 11.5. The summed E-state index contributed by atoms with van der Waals surface area (Å²) in [4.78, 5) is 16.4.